The highest BCUT2D eigenvalue weighted by Gasteiger charge is 2.16. The van der Waals surface area contributed by atoms with Crippen LogP contribution >= 0.6 is 0 Å². The third-order valence-electron chi connectivity index (χ3n) is 2.66. The van der Waals surface area contributed by atoms with Crippen LogP contribution in [0.1, 0.15) is 19.4 Å². The second kappa shape index (κ2) is 6.56. The van der Waals surface area contributed by atoms with E-state index in [4.69, 9.17) is 9.84 Å². The maximum Gasteiger partial charge on any atom is 0.307 e. The molecule has 0 saturated heterocycles. The summed E-state index contributed by atoms with van der Waals surface area (Å²) >= 11 is 0. The number of hydrogen-bond acceptors (Lipinski definition) is 4. The highest BCUT2D eigenvalue weighted by Crippen LogP contribution is 2.18. The van der Waals surface area contributed by atoms with Gasteiger partial charge in [-0.1, -0.05) is 18.2 Å². The van der Waals surface area contributed by atoms with Crippen molar-refractivity contribution in [2.24, 2.45) is 0 Å². The molecule has 0 unspecified atom stereocenters. The zero-order chi connectivity index (χ0) is 14.5. The highest BCUT2D eigenvalue weighted by molar-refractivity contribution is 7.91. The molecule has 0 atom stereocenters. The molecule has 0 fully saturated rings. The van der Waals surface area contributed by atoms with E-state index in [1.807, 2.05) is 0 Å². The molecule has 1 aromatic carbocycles. The molecule has 6 heteroatoms. The lowest BCUT2D eigenvalue weighted by molar-refractivity contribution is -0.136. The van der Waals surface area contributed by atoms with E-state index in [1.54, 1.807) is 38.1 Å². The molecule has 1 rings (SSSR count). The van der Waals surface area contributed by atoms with E-state index in [1.165, 1.54) is 0 Å². The Bertz CT molecular complexity index is 534. The van der Waals surface area contributed by atoms with Gasteiger partial charge in [0.05, 0.1) is 17.4 Å². The third-order valence-corrected chi connectivity index (χ3v) is 4.83. The smallest absolute Gasteiger partial charge is 0.307 e. The summed E-state index contributed by atoms with van der Waals surface area (Å²) in [7, 11) is -3.15. The Kier molecular flexibility index (Phi) is 5.35. The lowest BCUT2D eigenvalue weighted by Gasteiger charge is -2.11. The summed E-state index contributed by atoms with van der Waals surface area (Å²) in [5.74, 6) is -0.610. The van der Waals surface area contributed by atoms with Crippen molar-refractivity contribution >= 4 is 15.8 Å². The van der Waals surface area contributed by atoms with Gasteiger partial charge in [-0.3, -0.25) is 4.79 Å². The van der Waals surface area contributed by atoms with Gasteiger partial charge in [0.15, 0.2) is 9.84 Å². The fourth-order valence-corrected chi connectivity index (χ4v) is 2.24. The first-order valence-corrected chi connectivity index (χ1v) is 7.68. The van der Waals surface area contributed by atoms with Crippen LogP contribution < -0.4 is 4.74 Å². The molecule has 5 nitrogen and oxygen atoms in total. The number of benzene rings is 1. The first-order chi connectivity index (χ1) is 8.83. The van der Waals surface area contributed by atoms with Crippen LogP contribution in [-0.2, 0) is 21.1 Å². The van der Waals surface area contributed by atoms with E-state index in [-0.39, 0.29) is 18.8 Å². The van der Waals surface area contributed by atoms with E-state index in [0.29, 0.717) is 11.3 Å². The summed E-state index contributed by atoms with van der Waals surface area (Å²) < 4.78 is 28.6. The number of ether oxygens (including phenoxy) is 1. The van der Waals surface area contributed by atoms with E-state index < -0.39 is 21.1 Å². The van der Waals surface area contributed by atoms with Crippen LogP contribution in [0.25, 0.3) is 0 Å². The van der Waals surface area contributed by atoms with Gasteiger partial charge in [-0.05, 0) is 19.9 Å². The molecule has 0 amide bonds. The molecule has 0 aromatic heterocycles. The molecule has 0 spiro atoms. The average molecular weight is 286 g/mol. The molecule has 0 bridgehead atoms. The van der Waals surface area contributed by atoms with Gasteiger partial charge in [0.25, 0.3) is 0 Å². The minimum absolute atomic E-state index is 0.0249. The number of carbonyl (C=O) groups is 1. The molecular weight excluding hydrogens is 268 g/mol. The fraction of sp³-hybridized carbons (Fsp3) is 0.462. The number of rotatable bonds is 7. The Morgan fingerprint density at radius 2 is 1.95 bits per heavy atom. The van der Waals surface area contributed by atoms with Crippen LogP contribution in [-0.4, -0.2) is 37.1 Å². The van der Waals surface area contributed by atoms with E-state index in [9.17, 15) is 13.2 Å². The molecule has 0 heterocycles. The minimum Gasteiger partial charge on any atom is -0.492 e. The number of carboxylic acids is 1. The Balaban J connectivity index is 2.66. The van der Waals surface area contributed by atoms with Gasteiger partial charge >= 0.3 is 5.97 Å². The Morgan fingerprint density at radius 1 is 1.32 bits per heavy atom. The van der Waals surface area contributed by atoms with E-state index >= 15 is 0 Å². The first kappa shape index (κ1) is 15.5. The largest absolute Gasteiger partial charge is 0.492 e. The standard InChI is InChI=1S/C13H18O5S/c1-10(2)19(16,17)8-7-18-12-6-4-3-5-11(12)9-13(14)15/h3-6,10H,7-9H2,1-2H3,(H,14,15). The maximum absolute atomic E-state index is 11.6. The van der Waals surface area contributed by atoms with E-state index in [0.717, 1.165) is 0 Å². The Morgan fingerprint density at radius 3 is 2.53 bits per heavy atom. The number of carboxylic acid groups (broad SMARTS) is 1. The Labute approximate surface area is 113 Å². The Hall–Kier alpha value is -1.56. The van der Waals surface area contributed by atoms with Crippen molar-refractivity contribution in [3.63, 3.8) is 0 Å². The summed E-state index contributed by atoms with van der Waals surface area (Å²) in [5, 5.41) is 8.33. The normalized spacial score (nSPS) is 11.5. The molecule has 106 valence electrons. The number of aliphatic carboxylic acids is 1. The van der Waals surface area contributed by atoms with Crippen molar-refractivity contribution in [1.82, 2.24) is 0 Å². The predicted molar refractivity (Wildman–Crippen MR) is 72.2 cm³/mol. The molecule has 0 aliphatic heterocycles. The monoisotopic (exact) mass is 286 g/mol. The van der Waals surface area contributed by atoms with Crippen LogP contribution in [0.3, 0.4) is 0 Å². The van der Waals surface area contributed by atoms with Gasteiger partial charge < -0.3 is 9.84 Å². The van der Waals surface area contributed by atoms with Crippen molar-refractivity contribution in [2.75, 3.05) is 12.4 Å². The van der Waals surface area contributed by atoms with Crippen molar-refractivity contribution in [2.45, 2.75) is 25.5 Å². The lowest BCUT2D eigenvalue weighted by Crippen LogP contribution is -2.22. The molecule has 0 aliphatic carbocycles. The number of hydrogen-bond donors (Lipinski definition) is 1. The van der Waals surface area contributed by atoms with Gasteiger partial charge in [0, 0.05) is 5.56 Å². The second-order valence-corrected chi connectivity index (χ2v) is 7.12. The molecule has 0 radical (unpaired) electrons. The van der Waals surface area contributed by atoms with Gasteiger partial charge in [-0.15, -0.1) is 0 Å². The van der Waals surface area contributed by atoms with E-state index in [2.05, 4.69) is 0 Å². The zero-order valence-corrected chi connectivity index (χ0v) is 11.8. The van der Waals surface area contributed by atoms with Crippen molar-refractivity contribution in [1.29, 1.82) is 0 Å². The third kappa shape index (κ3) is 4.90. The van der Waals surface area contributed by atoms with Crippen LogP contribution in [0, 0.1) is 0 Å². The van der Waals surface area contributed by atoms with Gasteiger partial charge in [-0.25, -0.2) is 8.42 Å². The van der Waals surface area contributed by atoms with Crippen molar-refractivity contribution in [3.05, 3.63) is 29.8 Å². The highest BCUT2D eigenvalue weighted by atomic mass is 32.2. The quantitative estimate of drug-likeness (QED) is 0.822. The van der Waals surface area contributed by atoms with Crippen molar-refractivity contribution in [3.8, 4) is 5.75 Å². The second-order valence-electron chi connectivity index (χ2n) is 4.44. The molecule has 0 saturated carbocycles. The van der Waals surface area contributed by atoms with Gasteiger partial charge in [0.2, 0.25) is 0 Å². The van der Waals surface area contributed by atoms with Gasteiger partial charge in [0.1, 0.15) is 12.4 Å². The summed E-state index contributed by atoms with van der Waals surface area (Å²) in [6.45, 7) is 3.26. The van der Waals surface area contributed by atoms with Gasteiger partial charge in [-0.2, -0.15) is 0 Å². The topological polar surface area (TPSA) is 80.7 Å². The average Bonchev–Trinajstić information content (AvgIpc) is 2.30. The van der Waals surface area contributed by atoms with Crippen molar-refractivity contribution < 1.29 is 23.1 Å². The zero-order valence-electron chi connectivity index (χ0n) is 11.0. The van der Waals surface area contributed by atoms with Crippen LogP contribution in [0.4, 0.5) is 0 Å². The summed E-state index contributed by atoms with van der Waals surface area (Å²) in [6, 6.07) is 6.73. The molecular formula is C13H18O5S. The lowest BCUT2D eigenvalue weighted by atomic mass is 10.1. The summed E-state index contributed by atoms with van der Waals surface area (Å²) in [5.41, 5.74) is 0.539. The molecule has 19 heavy (non-hydrogen) atoms. The van der Waals surface area contributed by atoms with Crippen LogP contribution in [0.2, 0.25) is 0 Å². The number of para-hydroxylation sites is 1. The maximum atomic E-state index is 11.6. The fourth-order valence-electron chi connectivity index (χ4n) is 1.46. The number of sulfone groups is 1. The SMILES string of the molecule is CC(C)S(=O)(=O)CCOc1ccccc1CC(=O)O. The van der Waals surface area contributed by atoms with Crippen LogP contribution in [0.5, 0.6) is 5.75 Å². The first-order valence-electron chi connectivity index (χ1n) is 5.97. The molecule has 1 aromatic rings. The molecule has 0 aliphatic rings. The molecule has 1 N–H and O–H groups in total. The predicted octanol–water partition coefficient (Wildman–Crippen LogP) is 1.52. The minimum atomic E-state index is -3.15. The van der Waals surface area contributed by atoms with Crippen LogP contribution in [0.15, 0.2) is 24.3 Å². The summed E-state index contributed by atoms with van der Waals surface area (Å²) in [4.78, 5) is 10.7. The summed E-state index contributed by atoms with van der Waals surface area (Å²) in [6.07, 6.45) is -0.146.